The number of anilines is 2. The van der Waals surface area contributed by atoms with Crippen LogP contribution in [0.15, 0.2) is 48.8 Å². The lowest BCUT2D eigenvalue weighted by atomic mass is 10.1. The van der Waals surface area contributed by atoms with Crippen molar-refractivity contribution in [1.82, 2.24) is 20.2 Å². The molecule has 9 nitrogen and oxygen atoms in total. The lowest BCUT2D eigenvalue weighted by molar-refractivity contribution is 0.0941. The third kappa shape index (κ3) is 7.36. The highest BCUT2D eigenvalue weighted by Crippen LogP contribution is 2.20. The van der Waals surface area contributed by atoms with Gasteiger partial charge in [0.15, 0.2) is 5.69 Å². The monoisotopic (exact) mass is 528 g/mol. The molecule has 1 aliphatic rings. The number of halogens is 2. The van der Waals surface area contributed by atoms with Crippen molar-refractivity contribution >= 4 is 34.8 Å². The highest BCUT2D eigenvalue weighted by atomic mass is 35.5. The number of imidazole rings is 1. The summed E-state index contributed by atoms with van der Waals surface area (Å²) in [6, 6.07) is 10.1. The zero-order chi connectivity index (χ0) is 26.2. The standard InChI is InChI=1S/C26H30ClFN6O3/c1-2-34-10-9-17(13-34)12-29-16-37-14-23-24(31-15-30-23)26(36)33-20-6-4-19(5-7-20)32-25(35)21-8-3-18(28)11-22(21)27/h3-8,11,15,17,29H,2,9-10,12-14,16H2,1H3,(H,30,31)(H,32,35)(H,33,36). The van der Waals surface area contributed by atoms with Gasteiger partial charge in [-0.25, -0.2) is 9.37 Å². The lowest BCUT2D eigenvalue weighted by Gasteiger charge is -2.14. The first kappa shape index (κ1) is 26.7. The number of ether oxygens (including phenoxy) is 1. The molecule has 0 aliphatic carbocycles. The van der Waals surface area contributed by atoms with Crippen LogP contribution in [0.1, 0.15) is 39.9 Å². The van der Waals surface area contributed by atoms with Crippen molar-refractivity contribution in [3.8, 4) is 0 Å². The van der Waals surface area contributed by atoms with Crippen LogP contribution in [0.25, 0.3) is 0 Å². The van der Waals surface area contributed by atoms with Crippen molar-refractivity contribution in [2.45, 2.75) is 20.0 Å². The number of aromatic amines is 1. The van der Waals surface area contributed by atoms with Gasteiger partial charge in [-0.1, -0.05) is 18.5 Å². The van der Waals surface area contributed by atoms with Gasteiger partial charge in [-0.3, -0.25) is 14.9 Å². The van der Waals surface area contributed by atoms with Gasteiger partial charge in [-0.2, -0.15) is 0 Å². The number of likely N-dealkylation sites (tertiary alicyclic amines) is 1. The fourth-order valence-electron chi connectivity index (χ4n) is 4.18. The molecular weight excluding hydrogens is 499 g/mol. The van der Waals surface area contributed by atoms with Crippen LogP contribution in [-0.4, -0.2) is 59.6 Å². The summed E-state index contributed by atoms with van der Waals surface area (Å²) in [6.07, 6.45) is 2.65. The average molecular weight is 529 g/mol. The van der Waals surface area contributed by atoms with Crippen LogP contribution in [0.2, 0.25) is 5.02 Å². The van der Waals surface area contributed by atoms with Gasteiger partial charge in [0.2, 0.25) is 0 Å². The third-order valence-electron chi connectivity index (χ3n) is 6.21. The fourth-order valence-corrected chi connectivity index (χ4v) is 4.43. The summed E-state index contributed by atoms with van der Waals surface area (Å²) >= 11 is 5.95. The van der Waals surface area contributed by atoms with E-state index in [0.29, 0.717) is 29.7 Å². The maximum absolute atomic E-state index is 13.2. The molecule has 1 unspecified atom stereocenters. The molecule has 0 radical (unpaired) electrons. The number of aromatic nitrogens is 2. The number of carbonyl (C=O) groups is 2. The van der Waals surface area contributed by atoms with Crippen LogP contribution in [0.5, 0.6) is 0 Å². The van der Waals surface area contributed by atoms with E-state index in [1.54, 1.807) is 24.3 Å². The van der Waals surface area contributed by atoms with Crippen LogP contribution >= 0.6 is 11.6 Å². The first-order chi connectivity index (χ1) is 17.9. The van der Waals surface area contributed by atoms with Gasteiger partial charge in [-0.15, -0.1) is 0 Å². The Labute approximate surface area is 219 Å². The Balaban J connectivity index is 1.23. The van der Waals surface area contributed by atoms with Gasteiger partial charge in [0.05, 0.1) is 35.9 Å². The number of hydrogen-bond acceptors (Lipinski definition) is 6. The predicted molar refractivity (Wildman–Crippen MR) is 140 cm³/mol. The smallest absolute Gasteiger partial charge is 0.276 e. The van der Waals surface area contributed by atoms with Crippen molar-refractivity contribution in [3.63, 3.8) is 0 Å². The van der Waals surface area contributed by atoms with Crippen LogP contribution < -0.4 is 16.0 Å². The molecular formula is C26H30ClFN6O3. The molecule has 2 amide bonds. The molecule has 1 saturated heterocycles. The van der Waals surface area contributed by atoms with Crippen molar-refractivity contribution in [3.05, 3.63) is 76.6 Å². The maximum Gasteiger partial charge on any atom is 0.276 e. The summed E-state index contributed by atoms with van der Waals surface area (Å²) in [5.41, 5.74) is 2.00. The minimum absolute atomic E-state index is 0.0214. The van der Waals surface area contributed by atoms with Crippen molar-refractivity contribution in [2.24, 2.45) is 5.92 Å². The highest BCUT2D eigenvalue weighted by Gasteiger charge is 2.20. The van der Waals surface area contributed by atoms with Gasteiger partial charge in [0.1, 0.15) is 5.82 Å². The van der Waals surface area contributed by atoms with Crippen LogP contribution in [0.3, 0.4) is 0 Å². The van der Waals surface area contributed by atoms with E-state index in [1.807, 2.05) is 0 Å². The topological polar surface area (TPSA) is 111 Å². The number of nitrogens with one attached hydrogen (secondary N) is 4. The van der Waals surface area contributed by atoms with E-state index in [9.17, 15) is 14.0 Å². The van der Waals surface area contributed by atoms with E-state index in [0.717, 1.165) is 32.2 Å². The van der Waals surface area contributed by atoms with Gasteiger partial charge in [0, 0.05) is 24.5 Å². The molecule has 1 fully saturated rings. The van der Waals surface area contributed by atoms with E-state index in [1.165, 1.54) is 24.9 Å². The van der Waals surface area contributed by atoms with Crippen molar-refractivity contribution in [1.29, 1.82) is 0 Å². The Morgan fingerprint density at radius 2 is 1.89 bits per heavy atom. The molecule has 11 heteroatoms. The fraction of sp³-hybridized carbons (Fsp3) is 0.346. The number of H-pyrrole nitrogens is 1. The summed E-state index contributed by atoms with van der Waals surface area (Å²) in [7, 11) is 0. The normalized spacial score (nSPS) is 15.6. The Bertz CT molecular complexity index is 1220. The molecule has 3 aromatic rings. The zero-order valence-corrected chi connectivity index (χ0v) is 21.3. The molecule has 2 aromatic carbocycles. The molecule has 0 spiro atoms. The number of carbonyl (C=O) groups excluding carboxylic acids is 2. The maximum atomic E-state index is 13.2. The summed E-state index contributed by atoms with van der Waals surface area (Å²) in [5, 5.41) is 8.82. The summed E-state index contributed by atoms with van der Waals surface area (Å²) in [6.45, 7) is 7.05. The first-order valence-corrected chi connectivity index (χ1v) is 12.5. The predicted octanol–water partition coefficient (Wildman–Crippen LogP) is 4.11. The van der Waals surface area contributed by atoms with Gasteiger partial charge in [0.25, 0.3) is 11.8 Å². The molecule has 1 aromatic heterocycles. The molecule has 0 bridgehead atoms. The number of rotatable bonds is 11. The van der Waals surface area contributed by atoms with Crippen molar-refractivity contribution < 1.29 is 18.7 Å². The third-order valence-corrected chi connectivity index (χ3v) is 6.52. The van der Waals surface area contributed by atoms with Crippen molar-refractivity contribution in [2.75, 3.05) is 43.5 Å². The number of benzene rings is 2. The highest BCUT2D eigenvalue weighted by molar-refractivity contribution is 6.34. The summed E-state index contributed by atoms with van der Waals surface area (Å²) < 4.78 is 18.9. The largest absolute Gasteiger partial charge is 0.360 e. The van der Waals surface area contributed by atoms with Gasteiger partial charge >= 0.3 is 0 Å². The van der Waals surface area contributed by atoms with Crippen LogP contribution in [-0.2, 0) is 11.3 Å². The minimum atomic E-state index is -0.520. The SMILES string of the molecule is CCN1CCC(CNCOCc2[nH]cnc2C(=O)Nc2ccc(NC(=O)c3ccc(F)cc3Cl)cc2)C1. The quantitative estimate of drug-likeness (QED) is 0.220. The molecule has 196 valence electrons. The lowest BCUT2D eigenvalue weighted by Crippen LogP contribution is -2.28. The molecule has 4 rings (SSSR count). The number of hydrogen-bond donors (Lipinski definition) is 4. The van der Waals surface area contributed by atoms with Gasteiger partial charge < -0.3 is 25.3 Å². The second kappa shape index (κ2) is 12.8. The Morgan fingerprint density at radius 3 is 2.57 bits per heavy atom. The first-order valence-electron chi connectivity index (χ1n) is 12.1. The molecule has 1 atom stereocenters. The van der Waals surface area contributed by atoms with E-state index >= 15 is 0 Å². The number of amides is 2. The van der Waals surface area contributed by atoms with Gasteiger partial charge in [-0.05, 0) is 67.9 Å². The molecule has 2 heterocycles. The van der Waals surface area contributed by atoms with Crippen LogP contribution in [0.4, 0.5) is 15.8 Å². The van der Waals surface area contributed by atoms with E-state index < -0.39 is 11.7 Å². The average Bonchev–Trinajstić information content (AvgIpc) is 3.54. The van der Waals surface area contributed by atoms with E-state index in [-0.39, 0.29) is 28.8 Å². The summed E-state index contributed by atoms with van der Waals surface area (Å²) in [5.74, 6) is -0.734. The van der Waals surface area contributed by atoms with Crippen LogP contribution in [0, 0.1) is 11.7 Å². The second-order valence-corrected chi connectivity index (χ2v) is 9.24. The zero-order valence-electron chi connectivity index (χ0n) is 20.5. The minimum Gasteiger partial charge on any atom is -0.360 e. The Morgan fingerprint density at radius 1 is 1.16 bits per heavy atom. The molecule has 1 aliphatic heterocycles. The molecule has 0 saturated carbocycles. The van der Waals surface area contributed by atoms with E-state index in [4.69, 9.17) is 16.3 Å². The molecule has 37 heavy (non-hydrogen) atoms. The Kier molecular flexibility index (Phi) is 9.24. The number of nitrogens with zero attached hydrogens (tertiary/aromatic N) is 2. The van der Waals surface area contributed by atoms with E-state index in [2.05, 4.69) is 37.7 Å². The summed E-state index contributed by atoms with van der Waals surface area (Å²) in [4.78, 5) is 34.7. The Hall–Kier alpha value is -3.31. The second-order valence-electron chi connectivity index (χ2n) is 8.83. The molecule has 4 N–H and O–H groups in total.